The number of aromatic amines is 1. The third-order valence-electron chi connectivity index (χ3n) is 3.02. The summed E-state index contributed by atoms with van der Waals surface area (Å²) in [5.74, 6) is -1.29. The van der Waals surface area contributed by atoms with Crippen molar-refractivity contribution in [3.8, 4) is 0 Å². The van der Waals surface area contributed by atoms with E-state index >= 15 is 0 Å². The van der Waals surface area contributed by atoms with E-state index in [0.29, 0.717) is 16.6 Å². The largest absolute Gasteiger partial charge is 0.545 e. The summed E-state index contributed by atoms with van der Waals surface area (Å²) in [6.45, 7) is 1.58. The van der Waals surface area contributed by atoms with Crippen molar-refractivity contribution in [1.82, 2.24) is 9.38 Å². The van der Waals surface area contributed by atoms with Gasteiger partial charge in [0.25, 0.3) is 5.56 Å². The fourth-order valence-electron chi connectivity index (χ4n) is 2.25. The zero-order valence-corrected chi connectivity index (χ0v) is 9.56. The first-order valence-corrected chi connectivity index (χ1v) is 5.44. The number of imidazole rings is 1. The maximum atomic E-state index is 12.0. The molecule has 3 aromatic rings. The van der Waals surface area contributed by atoms with Gasteiger partial charge in [-0.1, -0.05) is 12.1 Å². The number of fused-ring (bicyclic) bond motifs is 3. The van der Waals surface area contributed by atoms with Crippen LogP contribution in [0.15, 0.2) is 35.1 Å². The maximum absolute atomic E-state index is 12.0. The highest BCUT2D eigenvalue weighted by molar-refractivity contribution is 5.97. The Balaban J connectivity index is 2.66. The van der Waals surface area contributed by atoms with Gasteiger partial charge in [-0.3, -0.25) is 9.20 Å². The molecule has 0 aliphatic rings. The van der Waals surface area contributed by atoms with Gasteiger partial charge in [-0.2, -0.15) is 0 Å². The number of benzene rings is 1. The Hall–Kier alpha value is -2.56. The van der Waals surface area contributed by atoms with Crippen LogP contribution in [0.25, 0.3) is 16.7 Å². The minimum Gasteiger partial charge on any atom is -0.545 e. The summed E-state index contributed by atoms with van der Waals surface area (Å²) < 4.78 is 1.35. The second-order valence-electron chi connectivity index (χ2n) is 4.15. The van der Waals surface area contributed by atoms with Gasteiger partial charge >= 0.3 is 0 Å². The van der Waals surface area contributed by atoms with Crippen LogP contribution >= 0.6 is 0 Å². The summed E-state index contributed by atoms with van der Waals surface area (Å²) in [7, 11) is 0. The maximum Gasteiger partial charge on any atom is 0.257 e. The lowest BCUT2D eigenvalue weighted by molar-refractivity contribution is -0.254. The van der Waals surface area contributed by atoms with E-state index < -0.39 is 5.97 Å². The number of carbonyl (C=O) groups is 1. The van der Waals surface area contributed by atoms with E-state index in [2.05, 4.69) is 4.98 Å². The number of nitrogens with zero attached hydrogens (tertiary/aromatic N) is 1. The van der Waals surface area contributed by atoms with Crippen LogP contribution in [0.3, 0.4) is 0 Å². The predicted molar refractivity (Wildman–Crippen MR) is 64.6 cm³/mol. The Bertz CT molecular complexity index is 842. The second-order valence-corrected chi connectivity index (χ2v) is 4.15. The van der Waals surface area contributed by atoms with Crippen molar-refractivity contribution in [1.29, 1.82) is 0 Å². The molecule has 5 heteroatoms. The number of carbonyl (C=O) groups excluding carboxylic acids is 1. The first-order valence-electron chi connectivity index (χ1n) is 5.44. The molecule has 0 fully saturated rings. The molecule has 2 aromatic heterocycles. The third-order valence-corrected chi connectivity index (χ3v) is 3.02. The molecular weight excluding hydrogens is 232 g/mol. The Labute approximate surface area is 101 Å². The lowest BCUT2D eigenvalue weighted by atomic mass is 10.1. The average Bonchev–Trinajstić information content (AvgIpc) is 2.66. The van der Waals surface area contributed by atoms with Crippen LogP contribution in [-0.4, -0.2) is 15.4 Å². The molecule has 0 unspecified atom stereocenters. The van der Waals surface area contributed by atoms with E-state index in [1.165, 1.54) is 10.5 Å². The van der Waals surface area contributed by atoms with Gasteiger partial charge in [-0.05, 0) is 24.6 Å². The average molecular weight is 241 g/mol. The molecule has 0 radical (unpaired) electrons. The summed E-state index contributed by atoms with van der Waals surface area (Å²) >= 11 is 0. The van der Waals surface area contributed by atoms with Crippen LogP contribution < -0.4 is 10.7 Å². The van der Waals surface area contributed by atoms with E-state index in [1.54, 1.807) is 25.1 Å². The number of H-pyrrole nitrogens is 1. The highest BCUT2D eigenvalue weighted by Crippen LogP contribution is 2.18. The van der Waals surface area contributed by atoms with E-state index in [1.807, 2.05) is 6.07 Å². The first kappa shape index (κ1) is 10.6. The molecule has 1 N–H and O–H groups in total. The topological polar surface area (TPSA) is 77.4 Å². The van der Waals surface area contributed by atoms with Gasteiger partial charge in [0.1, 0.15) is 5.65 Å². The number of aromatic nitrogens is 2. The van der Waals surface area contributed by atoms with Crippen LogP contribution in [0.5, 0.6) is 0 Å². The Kier molecular flexibility index (Phi) is 2.04. The fraction of sp³-hybridized carbons (Fsp3) is 0.0769. The molecular formula is C13H9N2O3-. The third kappa shape index (κ3) is 1.27. The quantitative estimate of drug-likeness (QED) is 0.672. The van der Waals surface area contributed by atoms with E-state index in [9.17, 15) is 14.7 Å². The second kappa shape index (κ2) is 3.46. The Morgan fingerprint density at radius 2 is 2.06 bits per heavy atom. The number of nitrogens with one attached hydrogen (secondary N) is 1. The van der Waals surface area contributed by atoms with Crippen LogP contribution in [0.4, 0.5) is 0 Å². The number of carboxylic acid groups (broad SMARTS) is 1. The number of carboxylic acids is 1. The monoisotopic (exact) mass is 241 g/mol. The lowest BCUT2D eigenvalue weighted by Gasteiger charge is -2.08. The number of hydrogen-bond donors (Lipinski definition) is 1. The molecule has 0 aliphatic heterocycles. The van der Waals surface area contributed by atoms with Gasteiger partial charge in [0.15, 0.2) is 0 Å². The number of aryl methyl sites for hydroxylation is 1. The van der Waals surface area contributed by atoms with Crippen LogP contribution in [0, 0.1) is 6.92 Å². The van der Waals surface area contributed by atoms with E-state index in [4.69, 9.17) is 0 Å². The minimum atomic E-state index is -1.29. The summed E-state index contributed by atoms with van der Waals surface area (Å²) in [4.78, 5) is 26.1. The minimum absolute atomic E-state index is 0.0193. The number of aromatic carboxylic acids is 1. The molecule has 0 aliphatic carbocycles. The smallest absolute Gasteiger partial charge is 0.257 e. The predicted octanol–water partition coefficient (Wildman–Crippen LogP) is 0.453. The SMILES string of the molecule is Cc1cc(=O)n2c([nH]c3ccccc32)c1C(=O)[O-]. The summed E-state index contributed by atoms with van der Waals surface area (Å²) in [6, 6.07) is 8.46. The Morgan fingerprint density at radius 3 is 2.78 bits per heavy atom. The number of para-hydroxylation sites is 2. The highest BCUT2D eigenvalue weighted by atomic mass is 16.4. The van der Waals surface area contributed by atoms with Crippen molar-refractivity contribution in [2.24, 2.45) is 0 Å². The van der Waals surface area contributed by atoms with Crippen LogP contribution in [0.2, 0.25) is 0 Å². The van der Waals surface area contributed by atoms with Gasteiger partial charge in [-0.25, -0.2) is 0 Å². The molecule has 0 spiro atoms. The van der Waals surface area contributed by atoms with Crippen molar-refractivity contribution < 1.29 is 9.90 Å². The van der Waals surface area contributed by atoms with Crippen molar-refractivity contribution >= 4 is 22.6 Å². The zero-order valence-electron chi connectivity index (χ0n) is 9.56. The van der Waals surface area contributed by atoms with E-state index in [-0.39, 0.29) is 16.8 Å². The van der Waals surface area contributed by atoms with Gasteiger partial charge in [0.2, 0.25) is 0 Å². The fourth-order valence-corrected chi connectivity index (χ4v) is 2.25. The van der Waals surface area contributed by atoms with Crippen molar-refractivity contribution in [3.63, 3.8) is 0 Å². The van der Waals surface area contributed by atoms with Gasteiger partial charge in [0, 0.05) is 11.6 Å². The van der Waals surface area contributed by atoms with Crippen molar-refractivity contribution in [3.05, 3.63) is 51.8 Å². The lowest BCUT2D eigenvalue weighted by Crippen LogP contribution is -2.26. The molecule has 3 rings (SSSR count). The molecule has 1 aromatic carbocycles. The van der Waals surface area contributed by atoms with Gasteiger partial charge < -0.3 is 14.9 Å². The normalized spacial score (nSPS) is 11.2. The molecule has 2 heterocycles. The molecule has 0 saturated carbocycles. The number of hydrogen-bond acceptors (Lipinski definition) is 3. The molecule has 0 atom stereocenters. The number of pyridine rings is 1. The standard InChI is InChI=1S/C13H10N2O3/c1-7-6-10(16)15-9-5-3-2-4-8(9)14-12(15)11(7)13(17)18/h2-6,14H,1H3,(H,17,18)/p-1. The zero-order chi connectivity index (χ0) is 12.9. The van der Waals surface area contributed by atoms with Crippen molar-refractivity contribution in [2.45, 2.75) is 6.92 Å². The molecule has 18 heavy (non-hydrogen) atoms. The summed E-state index contributed by atoms with van der Waals surface area (Å²) in [6.07, 6.45) is 0. The van der Waals surface area contributed by atoms with Crippen LogP contribution in [-0.2, 0) is 0 Å². The summed E-state index contributed by atoms with van der Waals surface area (Å²) in [5.41, 5.74) is 1.78. The van der Waals surface area contributed by atoms with Gasteiger partial charge in [0.05, 0.1) is 17.0 Å². The van der Waals surface area contributed by atoms with Gasteiger partial charge in [-0.15, -0.1) is 0 Å². The molecule has 90 valence electrons. The highest BCUT2D eigenvalue weighted by Gasteiger charge is 2.12. The molecule has 0 saturated heterocycles. The molecule has 0 amide bonds. The summed E-state index contributed by atoms with van der Waals surface area (Å²) in [5, 5.41) is 11.2. The number of rotatable bonds is 1. The Morgan fingerprint density at radius 1 is 1.33 bits per heavy atom. The first-order chi connectivity index (χ1) is 8.59. The molecule has 0 bridgehead atoms. The van der Waals surface area contributed by atoms with Crippen molar-refractivity contribution in [2.75, 3.05) is 0 Å². The van der Waals surface area contributed by atoms with Crippen LogP contribution in [0.1, 0.15) is 15.9 Å². The molecule has 5 nitrogen and oxygen atoms in total. The van der Waals surface area contributed by atoms with E-state index in [0.717, 1.165) is 0 Å².